The Morgan fingerprint density at radius 2 is 1.79 bits per heavy atom. The number of carbonyl (C=O) groups excluding carboxylic acids is 2. The molecule has 142 valence electrons. The first-order valence-electron chi connectivity index (χ1n) is 8.38. The summed E-state index contributed by atoms with van der Waals surface area (Å²) < 4.78 is 0. The zero-order valence-electron chi connectivity index (χ0n) is 15.0. The summed E-state index contributed by atoms with van der Waals surface area (Å²) in [6, 6.07) is 16.4. The van der Waals surface area contributed by atoms with Gasteiger partial charge in [0.25, 0.3) is 17.5 Å². The Morgan fingerprint density at radius 1 is 1.07 bits per heavy atom. The normalized spacial score (nSPS) is 10.3. The Bertz CT molecular complexity index is 1000. The minimum atomic E-state index is -0.460. The number of rotatable bonds is 6. The van der Waals surface area contributed by atoms with E-state index in [0.717, 1.165) is 0 Å². The number of hydrogen-bond acceptors (Lipinski definition) is 5. The molecule has 3 aromatic rings. The molecule has 0 saturated heterocycles. The summed E-state index contributed by atoms with van der Waals surface area (Å²) in [7, 11) is 1.59. The molecule has 0 atom stereocenters. The molecule has 3 rings (SSSR count). The van der Waals surface area contributed by atoms with E-state index in [1.807, 2.05) is 5.38 Å². The Hall–Kier alpha value is -3.52. The Balaban J connectivity index is 1.67. The molecule has 2 aromatic carbocycles. The molecule has 0 spiro atoms. The van der Waals surface area contributed by atoms with Gasteiger partial charge in [0.1, 0.15) is 0 Å². The van der Waals surface area contributed by atoms with Crippen molar-refractivity contribution in [3.8, 4) is 0 Å². The molecule has 0 aliphatic carbocycles. The lowest BCUT2D eigenvalue weighted by Crippen LogP contribution is -2.26. The van der Waals surface area contributed by atoms with Crippen LogP contribution in [0, 0.1) is 10.1 Å². The molecule has 0 aliphatic rings. The fourth-order valence-electron chi connectivity index (χ4n) is 2.67. The fourth-order valence-corrected chi connectivity index (χ4v) is 3.29. The molecule has 0 aliphatic heterocycles. The van der Waals surface area contributed by atoms with Crippen molar-refractivity contribution >= 4 is 34.5 Å². The van der Waals surface area contributed by atoms with E-state index >= 15 is 0 Å². The van der Waals surface area contributed by atoms with E-state index in [0.29, 0.717) is 21.7 Å². The van der Waals surface area contributed by atoms with Gasteiger partial charge in [-0.25, -0.2) is 0 Å². The van der Waals surface area contributed by atoms with Crippen LogP contribution in [0.4, 0.5) is 11.4 Å². The van der Waals surface area contributed by atoms with E-state index in [-0.39, 0.29) is 24.0 Å². The second-order valence-electron chi connectivity index (χ2n) is 6.06. The third-order valence-electron chi connectivity index (χ3n) is 4.08. The molecule has 28 heavy (non-hydrogen) atoms. The van der Waals surface area contributed by atoms with E-state index in [2.05, 4.69) is 5.32 Å². The van der Waals surface area contributed by atoms with Crippen LogP contribution < -0.4 is 5.32 Å². The highest BCUT2D eigenvalue weighted by Crippen LogP contribution is 2.20. The van der Waals surface area contributed by atoms with E-state index < -0.39 is 4.92 Å². The molecular formula is C20H17N3O4S. The van der Waals surface area contributed by atoms with Gasteiger partial charge in [-0.3, -0.25) is 19.7 Å². The lowest BCUT2D eigenvalue weighted by Gasteiger charge is -2.17. The first-order valence-corrected chi connectivity index (χ1v) is 9.26. The number of thiophene rings is 1. The number of para-hydroxylation sites is 1. The summed E-state index contributed by atoms with van der Waals surface area (Å²) in [5.74, 6) is -0.475. The van der Waals surface area contributed by atoms with E-state index in [4.69, 9.17) is 0 Å². The first-order chi connectivity index (χ1) is 13.5. The predicted octanol–water partition coefficient (Wildman–Crippen LogP) is 4.18. The van der Waals surface area contributed by atoms with Crippen molar-refractivity contribution in [1.29, 1.82) is 0 Å². The summed E-state index contributed by atoms with van der Waals surface area (Å²) in [4.78, 5) is 37.4. The maximum Gasteiger partial charge on any atom is 0.274 e. The van der Waals surface area contributed by atoms with Gasteiger partial charge < -0.3 is 10.2 Å². The van der Waals surface area contributed by atoms with Gasteiger partial charge in [0.2, 0.25) is 0 Å². The number of nitrogens with one attached hydrogen (secondary N) is 1. The molecule has 0 saturated carbocycles. The van der Waals surface area contributed by atoms with Crippen molar-refractivity contribution in [1.82, 2.24) is 4.90 Å². The third kappa shape index (κ3) is 4.41. The number of nitro benzene ring substituents is 1. The Morgan fingerprint density at radius 3 is 2.43 bits per heavy atom. The number of amides is 2. The summed E-state index contributed by atoms with van der Waals surface area (Å²) in [6.07, 6.45) is 0. The second-order valence-corrected chi connectivity index (χ2v) is 7.00. The van der Waals surface area contributed by atoms with Gasteiger partial charge in [-0.15, -0.1) is 11.3 Å². The van der Waals surface area contributed by atoms with Crippen molar-refractivity contribution in [3.63, 3.8) is 0 Å². The van der Waals surface area contributed by atoms with Gasteiger partial charge in [-0.05, 0) is 35.7 Å². The zero-order chi connectivity index (χ0) is 20.1. The first kappa shape index (κ1) is 19.2. The third-order valence-corrected chi connectivity index (χ3v) is 4.95. The monoisotopic (exact) mass is 395 g/mol. The van der Waals surface area contributed by atoms with Crippen LogP contribution in [-0.2, 0) is 6.54 Å². The van der Waals surface area contributed by atoms with Crippen LogP contribution in [0.3, 0.4) is 0 Å². The maximum absolute atomic E-state index is 12.6. The maximum atomic E-state index is 12.6. The standard InChI is InChI=1S/C20H17N3O4S/c1-22(13-15-5-2-3-6-17(15)23(26)27)20(25)14-8-10-16(11-9-14)21-19(24)18-7-4-12-28-18/h2-12H,13H2,1H3,(H,21,24). The molecular weight excluding hydrogens is 378 g/mol. The molecule has 1 heterocycles. The van der Waals surface area contributed by atoms with E-state index in [1.54, 1.807) is 61.6 Å². The minimum absolute atomic E-state index is 0.0196. The zero-order valence-corrected chi connectivity index (χ0v) is 15.8. The van der Waals surface area contributed by atoms with Crippen LogP contribution >= 0.6 is 11.3 Å². The number of nitrogens with zero attached hydrogens (tertiary/aromatic N) is 2. The highest BCUT2D eigenvalue weighted by molar-refractivity contribution is 7.12. The molecule has 0 fully saturated rings. The topological polar surface area (TPSA) is 92.5 Å². The Labute approximate surface area is 165 Å². The Kier molecular flexibility index (Phi) is 5.81. The van der Waals surface area contributed by atoms with Crippen LogP contribution in [0.2, 0.25) is 0 Å². The highest BCUT2D eigenvalue weighted by atomic mass is 32.1. The van der Waals surface area contributed by atoms with Crippen LogP contribution in [0.1, 0.15) is 25.6 Å². The van der Waals surface area contributed by atoms with Gasteiger partial charge >= 0.3 is 0 Å². The average molecular weight is 395 g/mol. The molecule has 0 bridgehead atoms. The molecule has 8 heteroatoms. The summed E-state index contributed by atoms with van der Waals surface area (Å²) >= 11 is 1.35. The number of anilines is 1. The number of benzene rings is 2. The smallest absolute Gasteiger partial charge is 0.274 e. The van der Waals surface area contributed by atoms with Crippen molar-refractivity contribution in [2.45, 2.75) is 6.54 Å². The molecule has 1 N–H and O–H groups in total. The highest BCUT2D eigenvalue weighted by Gasteiger charge is 2.18. The lowest BCUT2D eigenvalue weighted by molar-refractivity contribution is -0.385. The van der Waals surface area contributed by atoms with E-state index in [9.17, 15) is 19.7 Å². The summed E-state index contributed by atoms with van der Waals surface area (Å²) in [6.45, 7) is 0.118. The summed E-state index contributed by atoms with van der Waals surface area (Å²) in [5.41, 5.74) is 1.45. The largest absolute Gasteiger partial charge is 0.337 e. The van der Waals surface area contributed by atoms with Gasteiger partial charge in [0.05, 0.1) is 16.3 Å². The minimum Gasteiger partial charge on any atom is -0.337 e. The van der Waals surface area contributed by atoms with Gasteiger partial charge in [0.15, 0.2) is 0 Å². The quantitative estimate of drug-likeness (QED) is 0.500. The van der Waals surface area contributed by atoms with Crippen molar-refractivity contribution in [3.05, 3.63) is 92.2 Å². The van der Waals surface area contributed by atoms with Crippen LogP contribution in [0.15, 0.2) is 66.0 Å². The van der Waals surface area contributed by atoms with Crippen molar-refractivity contribution < 1.29 is 14.5 Å². The molecule has 0 unspecified atom stereocenters. The average Bonchev–Trinajstić information content (AvgIpc) is 3.23. The van der Waals surface area contributed by atoms with Crippen LogP contribution in [0.5, 0.6) is 0 Å². The van der Waals surface area contributed by atoms with Crippen molar-refractivity contribution in [2.75, 3.05) is 12.4 Å². The van der Waals surface area contributed by atoms with Gasteiger partial charge in [-0.1, -0.05) is 24.3 Å². The fraction of sp³-hybridized carbons (Fsp3) is 0.100. The molecule has 0 radical (unpaired) electrons. The number of nitro groups is 1. The van der Waals surface area contributed by atoms with E-state index in [1.165, 1.54) is 22.3 Å². The lowest BCUT2D eigenvalue weighted by atomic mass is 10.1. The predicted molar refractivity (Wildman–Crippen MR) is 108 cm³/mol. The molecule has 2 amide bonds. The molecule has 1 aromatic heterocycles. The van der Waals surface area contributed by atoms with Gasteiger partial charge in [-0.2, -0.15) is 0 Å². The van der Waals surface area contributed by atoms with Crippen LogP contribution in [0.25, 0.3) is 0 Å². The van der Waals surface area contributed by atoms with Crippen molar-refractivity contribution in [2.24, 2.45) is 0 Å². The van der Waals surface area contributed by atoms with Crippen LogP contribution in [-0.4, -0.2) is 28.7 Å². The SMILES string of the molecule is CN(Cc1ccccc1[N+](=O)[O-])C(=O)c1ccc(NC(=O)c2cccs2)cc1. The van der Waals surface area contributed by atoms with Gasteiger partial charge in [0, 0.05) is 29.9 Å². The second kappa shape index (κ2) is 8.45. The molecule has 7 nitrogen and oxygen atoms in total. The number of carbonyl (C=O) groups is 2. The number of hydrogen-bond donors (Lipinski definition) is 1. The summed E-state index contributed by atoms with van der Waals surface area (Å²) in [5, 5.41) is 15.7.